The van der Waals surface area contributed by atoms with Crippen molar-refractivity contribution in [2.45, 2.75) is 32.9 Å². The Bertz CT molecular complexity index is 358. The predicted molar refractivity (Wildman–Crippen MR) is 73.4 cm³/mol. The van der Waals surface area contributed by atoms with Crippen LogP contribution >= 0.6 is 0 Å². The van der Waals surface area contributed by atoms with Crippen molar-refractivity contribution >= 4 is 11.8 Å². The molecular formula is C13H24F3N3O2. The maximum Gasteiger partial charge on any atom is 0.406 e. The van der Waals surface area contributed by atoms with Gasteiger partial charge < -0.3 is 15.5 Å². The number of nitrogens with zero attached hydrogens (tertiary/aromatic N) is 2. The fraction of sp³-hybridized carbons (Fsp3) is 0.846. The third kappa shape index (κ3) is 5.53. The molecule has 2 amide bonds. The van der Waals surface area contributed by atoms with Crippen molar-refractivity contribution in [2.75, 3.05) is 33.7 Å². The molecule has 0 aromatic heterocycles. The minimum atomic E-state index is -4.57. The van der Waals surface area contributed by atoms with Gasteiger partial charge in [0, 0.05) is 20.6 Å². The zero-order chi connectivity index (χ0) is 16.8. The molecule has 0 radical (unpaired) electrons. The molecule has 21 heavy (non-hydrogen) atoms. The molecule has 0 aromatic rings. The third-order valence-electron chi connectivity index (χ3n) is 3.68. The highest BCUT2D eigenvalue weighted by Gasteiger charge is 2.42. The minimum Gasteiger partial charge on any atom is -0.347 e. The number of hydrogen-bond donors (Lipinski definition) is 1. The maximum atomic E-state index is 12.7. The van der Waals surface area contributed by atoms with Crippen LogP contribution in [0.3, 0.4) is 0 Å². The third-order valence-corrected chi connectivity index (χ3v) is 3.68. The van der Waals surface area contributed by atoms with Crippen LogP contribution in [-0.4, -0.2) is 61.5 Å². The molecule has 5 nitrogen and oxygen atoms in total. The average molecular weight is 311 g/mol. The van der Waals surface area contributed by atoms with Gasteiger partial charge in [0.2, 0.25) is 11.8 Å². The normalized spacial score (nSPS) is 12.2. The molecule has 0 rings (SSSR count). The van der Waals surface area contributed by atoms with E-state index in [1.807, 2.05) is 0 Å². The summed E-state index contributed by atoms with van der Waals surface area (Å²) in [5, 5.41) is 0. The lowest BCUT2D eigenvalue weighted by molar-refractivity contribution is -0.170. The van der Waals surface area contributed by atoms with Gasteiger partial charge >= 0.3 is 6.18 Å². The van der Waals surface area contributed by atoms with Crippen molar-refractivity contribution in [1.29, 1.82) is 0 Å². The Kier molecular flexibility index (Phi) is 7.15. The molecule has 0 bridgehead atoms. The predicted octanol–water partition coefficient (Wildman–Crippen LogP) is 1.23. The van der Waals surface area contributed by atoms with Crippen molar-refractivity contribution in [2.24, 2.45) is 11.1 Å². The van der Waals surface area contributed by atoms with Crippen molar-refractivity contribution in [3.63, 3.8) is 0 Å². The first-order valence-corrected chi connectivity index (χ1v) is 6.79. The summed E-state index contributed by atoms with van der Waals surface area (Å²) >= 11 is 0. The van der Waals surface area contributed by atoms with Crippen LogP contribution in [-0.2, 0) is 9.59 Å². The van der Waals surface area contributed by atoms with Crippen LogP contribution in [0.25, 0.3) is 0 Å². The molecule has 2 N–H and O–H groups in total. The van der Waals surface area contributed by atoms with Crippen LogP contribution in [0.1, 0.15) is 26.7 Å². The van der Waals surface area contributed by atoms with Crippen LogP contribution in [0.2, 0.25) is 0 Å². The topological polar surface area (TPSA) is 66.6 Å². The lowest BCUT2D eigenvalue weighted by atomic mass is 9.81. The summed E-state index contributed by atoms with van der Waals surface area (Å²) in [5.74, 6) is -1.28. The molecule has 0 aliphatic rings. The largest absolute Gasteiger partial charge is 0.406 e. The lowest BCUT2D eigenvalue weighted by Gasteiger charge is -2.35. The zero-order valence-corrected chi connectivity index (χ0v) is 13.0. The molecule has 0 aromatic carbocycles. The average Bonchev–Trinajstić information content (AvgIpc) is 2.38. The number of alkyl halides is 3. The molecule has 0 aliphatic carbocycles. The quantitative estimate of drug-likeness (QED) is 0.769. The van der Waals surface area contributed by atoms with Gasteiger partial charge in [0.1, 0.15) is 13.1 Å². The van der Waals surface area contributed by atoms with E-state index in [-0.39, 0.29) is 6.54 Å². The molecule has 0 atom stereocenters. The summed E-state index contributed by atoms with van der Waals surface area (Å²) in [6.45, 7) is 1.30. The van der Waals surface area contributed by atoms with E-state index in [0.717, 1.165) is 4.90 Å². The van der Waals surface area contributed by atoms with Crippen molar-refractivity contribution < 1.29 is 22.8 Å². The number of carbonyl (C=O) groups excluding carboxylic acids is 2. The van der Waals surface area contributed by atoms with E-state index in [1.54, 1.807) is 13.8 Å². The highest BCUT2D eigenvalue weighted by atomic mass is 19.4. The Morgan fingerprint density at radius 2 is 1.57 bits per heavy atom. The van der Waals surface area contributed by atoms with Gasteiger partial charge in [-0.1, -0.05) is 13.8 Å². The maximum absolute atomic E-state index is 12.7. The molecule has 124 valence electrons. The number of halogens is 3. The molecule has 0 fully saturated rings. The number of rotatable bonds is 7. The van der Waals surface area contributed by atoms with Gasteiger partial charge in [-0.25, -0.2) is 0 Å². The van der Waals surface area contributed by atoms with Gasteiger partial charge in [0.05, 0.1) is 5.41 Å². The number of hydrogen-bond acceptors (Lipinski definition) is 3. The summed E-state index contributed by atoms with van der Waals surface area (Å²) in [6, 6.07) is 0. The molecule has 8 heteroatoms. The Hall–Kier alpha value is -1.31. The van der Waals surface area contributed by atoms with E-state index in [2.05, 4.69) is 0 Å². The van der Waals surface area contributed by atoms with E-state index in [0.29, 0.717) is 17.7 Å². The van der Waals surface area contributed by atoms with Crippen molar-refractivity contribution in [3.8, 4) is 0 Å². The summed E-state index contributed by atoms with van der Waals surface area (Å²) < 4.78 is 38.0. The Morgan fingerprint density at radius 3 is 1.86 bits per heavy atom. The minimum absolute atomic E-state index is 0.0522. The van der Waals surface area contributed by atoms with Crippen molar-refractivity contribution in [1.82, 2.24) is 9.80 Å². The van der Waals surface area contributed by atoms with Crippen LogP contribution in [0.4, 0.5) is 13.2 Å². The van der Waals surface area contributed by atoms with Gasteiger partial charge in [-0.05, 0) is 12.8 Å². The van der Waals surface area contributed by atoms with E-state index < -0.39 is 36.5 Å². The number of amides is 2. The highest BCUT2D eigenvalue weighted by Crippen LogP contribution is 2.29. The molecule has 0 aliphatic heterocycles. The Morgan fingerprint density at radius 1 is 1.10 bits per heavy atom. The first-order valence-electron chi connectivity index (χ1n) is 6.79. The van der Waals surface area contributed by atoms with E-state index >= 15 is 0 Å². The number of nitrogens with two attached hydrogens (primary N) is 1. The highest BCUT2D eigenvalue weighted by molar-refractivity contribution is 5.88. The molecule has 0 unspecified atom stereocenters. The Labute approximate surface area is 123 Å². The second-order valence-corrected chi connectivity index (χ2v) is 5.26. The van der Waals surface area contributed by atoms with Gasteiger partial charge in [0.25, 0.3) is 0 Å². The summed E-state index contributed by atoms with van der Waals surface area (Å²) in [7, 11) is 2.85. The van der Waals surface area contributed by atoms with Gasteiger partial charge in [0.15, 0.2) is 0 Å². The van der Waals surface area contributed by atoms with E-state index in [9.17, 15) is 22.8 Å². The van der Waals surface area contributed by atoms with Crippen LogP contribution in [0.15, 0.2) is 0 Å². The summed E-state index contributed by atoms with van der Waals surface area (Å²) in [6.07, 6.45) is -3.92. The second kappa shape index (κ2) is 7.63. The van der Waals surface area contributed by atoms with Crippen LogP contribution < -0.4 is 5.73 Å². The molecule has 0 saturated carbocycles. The monoisotopic (exact) mass is 311 g/mol. The zero-order valence-electron chi connectivity index (χ0n) is 13.0. The smallest absolute Gasteiger partial charge is 0.347 e. The van der Waals surface area contributed by atoms with E-state index in [1.165, 1.54) is 14.1 Å². The lowest BCUT2D eigenvalue weighted by Crippen LogP contribution is -2.52. The van der Waals surface area contributed by atoms with Gasteiger partial charge in [-0.15, -0.1) is 0 Å². The number of carbonyl (C=O) groups is 2. The molecule has 0 spiro atoms. The van der Waals surface area contributed by atoms with E-state index in [4.69, 9.17) is 5.73 Å². The molecule has 0 saturated heterocycles. The van der Waals surface area contributed by atoms with Gasteiger partial charge in [-0.3, -0.25) is 9.59 Å². The standard InChI is InChI=1S/C13H24F3N3O2/c1-5-12(6-2,8-17)11(21)19(9-13(14,15)16)7-10(20)18(3)4/h5-9,17H2,1-4H3. The first-order chi connectivity index (χ1) is 9.53. The fourth-order valence-corrected chi connectivity index (χ4v) is 1.98. The Balaban J connectivity index is 5.37. The molecular weight excluding hydrogens is 287 g/mol. The SMILES string of the molecule is CCC(CC)(CN)C(=O)N(CC(=O)N(C)C)CC(F)(F)F. The summed E-state index contributed by atoms with van der Waals surface area (Å²) in [4.78, 5) is 25.8. The molecule has 0 heterocycles. The second-order valence-electron chi connectivity index (χ2n) is 5.26. The van der Waals surface area contributed by atoms with Crippen LogP contribution in [0, 0.1) is 5.41 Å². The summed E-state index contributed by atoms with van der Waals surface area (Å²) in [5.41, 5.74) is 4.54. The number of likely N-dealkylation sites (N-methyl/N-ethyl adjacent to an activating group) is 1. The van der Waals surface area contributed by atoms with Crippen molar-refractivity contribution in [3.05, 3.63) is 0 Å². The fourth-order valence-electron chi connectivity index (χ4n) is 1.98. The van der Waals surface area contributed by atoms with Crippen LogP contribution in [0.5, 0.6) is 0 Å². The van der Waals surface area contributed by atoms with Gasteiger partial charge in [-0.2, -0.15) is 13.2 Å². The first kappa shape index (κ1) is 19.7.